The molecule has 3 N–H and O–H groups in total. The highest BCUT2D eigenvalue weighted by Gasteiger charge is 2.14. The van der Waals surface area contributed by atoms with Crippen LogP contribution < -0.4 is 10.5 Å². The number of nitrogen functional groups attached to an aromatic ring is 1. The third kappa shape index (κ3) is 2.88. The fourth-order valence-electron chi connectivity index (χ4n) is 1.42. The van der Waals surface area contributed by atoms with Crippen LogP contribution in [0.4, 0.5) is 5.82 Å². The van der Waals surface area contributed by atoms with Gasteiger partial charge in [0.15, 0.2) is 0 Å². The van der Waals surface area contributed by atoms with E-state index in [0.717, 1.165) is 5.76 Å². The fourth-order valence-corrected chi connectivity index (χ4v) is 2.44. The van der Waals surface area contributed by atoms with Crippen LogP contribution in [-0.2, 0) is 16.6 Å². The quantitative estimate of drug-likeness (QED) is 0.862. The molecule has 7 heteroatoms. The molecule has 0 saturated heterocycles. The molecule has 0 aromatic carbocycles. The summed E-state index contributed by atoms with van der Waals surface area (Å²) in [5.74, 6) is 1.45. The Kier molecular flexibility index (Phi) is 3.35. The maximum atomic E-state index is 11.9. The normalized spacial score (nSPS) is 11.6. The first-order valence-corrected chi connectivity index (χ1v) is 6.72. The molecule has 2 aromatic heterocycles. The average Bonchev–Trinajstić information content (AvgIpc) is 2.73. The van der Waals surface area contributed by atoms with E-state index in [1.54, 1.807) is 19.1 Å². The molecule has 0 aliphatic rings. The maximum absolute atomic E-state index is 11.9. The molecule has 96 valence electrons. The molecule has 0 spiro atoms. The van der Waals surface area contributed by atoms with Gasteiger partial charge in [0.05, 0.1) is 11.4 Å². The Bertz CT molecular complexity index is 649. The second-order valence-corrected chi connectivity index (χ2v) is 5.52. The van der Waals surface area contributed by atoms with E-state index in [1.807, 2.05) is 0 Å². The molecule has 2 heterocycles. The summed E-state index contributed by atoms with van der Waals surface area (Å²) in [6, 6.07) is 6.18. The van der Waals surface area contributed by atoms with Crippen LogP contribution in [0.3, 0.4) is 0 Å². The van der Waals surface area contributed by atoms with E-state index in [9.17, 15) is 8.42 Å². The van der Waals surface area contributed by atoms with Crippen molar-refractivity contribution in [3.05, 3.63) is 42.0 Å². The Morgan fingerprint density at radius 3 is 2.78 bits per heavy atom. The van der Waals surface area contributed by atoms with Crippen LogP contribution in [0.1, 0.15) is 11.5 Å². The first kappa shape index (κ1) is 12.6. The lowest BCUT2D eigenvalue weighted by molar-refractivity contribution is 0.475. The summed E-state index contributed by atoms with van der Waals surface area (Å²) in [4.78, 5) is 3.82. The van der Waals surface area contributed by atoms with Gasteiger partial charge < -0.3 is 10.2 Å². The highest BCUT2D eigenvalue weighted by atomic mass is 32.2. The lowest BCUT2D eigenvalue weighted by atomic mass is 10.4. The van der Waals surface area contributed by atoms with E-state index in [4.69, 9.17) is 10.2 Å². The Morgan fingerprint density at radius 2 is 2.17 bits per heavy atom. The Morgan fingerprint density at radius 1 is 1.39 bits per heavy atom. The molecule has 0 atom stereocenters. The number of sulfonamides is 1. The number of anilines is 1. The summed E-state index contributed by atoms with van der Waals surface area (Å²) in [5, 5.41) is 0. The molecule has 2 rings (SSSR count). The zero-order chi connectivity index (χ0) is 13.2. The summed E-state index contributed by atoms with van der Waals surface area (Å²) >= 11 is 0. The zero-order valence-electron chi connectivity index (χ0n) is 9.75. The minimum absolute atomic E-state index is 0.0817. The van der Waals surface area contributed by atoms with Gasteiger partial charge in [-0.2, -0.15) is 0 Å². The van der Waals surface area contributed by atoms with Gasteiger partial charge in [-0.15, -0.1) is 0 Å². The molecule has 0 amide bonds. The van der Waals surface area contributed by atoms with Crippen molar-refractivity contribution in [1.82, 2.24) is 9.71 Å². The molecular formula is C11H13N3O3S. The van der Waals surface area contributed by atoms with Gasteiger partial charge in [-0.1, -0.05) is 0 Å². The minimum atomic E-state index is -3.60. The number of rotatable bonds is 4. The summed E-state index contributed by atoms with van der Waals surface area (Å²) in [6.45, 7) is 1.89. The SMILES string of the molecule is Cc1ccc(CNS(=O)(=O)c2ccnc(N)c2)o1. The van der Waals surface area contributed by atoms with E-state index in [2.05, 4.69) is 9.71 Å². The number of nitrogens with zero attached hydrogens (tertiary/aromatic N) is 1. The van der Waals surface area contributed by atoms with Gasteiger partial charge in [-0.25, -0.2) is 18.1 Å². The van der Waals surface area contributed by atoms with E-state index in [0.29, 0.717) is 5.76 Å². The van der Waals surface area contributed by atoms with Crippen LogP contribution in [0.2, 0.25) is 0 Å². The number of nitrogens with one attached hydrogen (secondary N) is 1. The van der Waals surface area contributed by atoms with Crippen molar-refractivity contribution in [1.29, 1.82) is 0 Å². The van der Waals surface area contributed by atoms with Crippen molar-refractivity contribution >= 4 is 15.8 Å². The molecule has 0 unspecified atom stereocenters. The summed E-state index contributed by atoms with van der Waals surface area (Å²) in [7, 11) is -3.60. The summed E-state index contributed by atoms with van der Waals surface area (Å²) < 4.78 is 31.6. The average molecular weight is 267 g/mol. The molecule has 18 heavy (non-hydrogen) atoms. The standard InChI is InChI=1S/C11H13N3O3S/c1-8-2-3-9(17-8)7-14-18(15,16)10-4-5-13-11(12)6-10/h2-6,14H,7H2,1H3,(H2,12,13). The predicted octanol–water partition coefficient (Wildman–Crippen LogP) is 1.04. The Balaban J connectivity index is 2.13. The van der Waals surface area contributed by atoms with Gasteiger partial charge in [0.2, 0.25) is 10.0 Å². The first-order valence-electron chi connectivity index (χ1n) is 5.24. The summed E-state index contributed by atoms with van der Waals surface area (Å²) in [5.41, 5.74) is 5.44. The van der Waals surface area contributed by atoms with Crippen molar-refractivity contribution in [3.8, 4) is 0 Å². The zero-order valence-corrected chi connectivity index (χ0v) is 10.6. The predicted molar refractivity (Wildman–Crippen MR) is 66.1 cm³/mol. The van der Waals surface area contributed by atoms with Gasteiger partial charge in [0.25, 0.3) is 0 Å². The van der Waals surface area contributed by atoms with E-state index < -0.39 is 10.0 Å². The number of aryl methyl sites for hydroxylation is 1. The van der Waals surface area contributed by atoms with Crippen molar-refractivity contribution in [2.75, 3.05) is 5.73 Å². The van der Waals surface area contributed by atoms with E-state index in [-0.39, 0.29) is 17.3 Å². The van der Waals surface area contributed by atoms with Gasteiger partial charge in [-0.05, 0) is 25.1 Å². The van der Waals surface area contributed by atoms with Crippen LogP contribution in [0, 0.1) is 6.92 Å². The monoisotopic (exact) mass is 267 g/mol. The van der Waals surface area contributed by atoms with Crippen LogP contribution in [0.5, 0.6) is 0 Å². The highest BCUT2D eigenvalue weighted by molar-refractivity contribution is 7.89. The molecular weight excluding hydrogens is 254 g/mol. The number of aromatic nitrogens is 1. The lowest BCUT2D eigenvalue weighted by Gasteiger charge is -2.05. The Hall–Kier alpha value is -1.86. The van der Waals surface area contributed by atoms with Gasteiger partial charge in [0.1, 0.15) is 17.3 Å². The van der Waals surface area contributed by atoms with Crippen molar-refractivity contribution in [2.24, 2.45) is 0 Å². The first-order chi connectivity index (χ1) is 8.47. The second kappa shape index (κ2) is 4.79. The lowest BCUT2D eigenvalue weighted by Crippen LogP contribution is -2.23. The molecule has 0 saturated carbocycles. The molecule has 0 aliphatic carbocycles. The van der Waals surface area contributed by atoms with Crippen LogP contribution >= 0.6 is 0 Å². The fraction of sp³-hybridized carbons (Fsp3) is 0.182. The summed E-state index contributed by atoms with van der Waals surface area (Å²) in [6.07, 6.45) is 1.35. The number of hydrogen-bond acceptors (Lipinski definition) is 5. The molecule has 0 radical (unpaired) electrons. The Labute approximate surface area is 105 Å². The third-order valence-corrected chi connectivity index (χ3v) is 3.69. The third-order valence-electron chi connectivity index (χ3n) is 2.30. The molecule has 6 nitrogen and oxygen atoms in total. The molecule has 2 aromatic rings. The number of pyridine rings is 1. The topological polar surface area (TPSA) is 98.2 Å². The molecule has 0 fully saturated rings. The largest absolute Gasteiger partial charge is 0.465 e. The molecule has 0 bridgehead atoms. The molecule has 0 aliphatic heterocycles. The van der Waals surface area contributed by atoms with Gasteiger partial charge in [0, 0.05) is 12.3 Å². The maximum Gasteiger partial charge on any atom is 0.241 e. The van der Waals surface area contributed by atoms with Crippen molar-refractivity contribution < 1.29 is 12.8 Å². The van der Waals surface area contributed by atoms with Gasteiger partial charge >= 0.3 is 0 Å². The number of furan rings is 1. The minimum Gasteiger partial charge on any atom is -0.465 e. The number of hydrogen-bond donors (Lipinski definition) is 2. The van der Waals surface area contributed by atoms with Crippen LogP contribution in [0.15, 0.2) is 39.8 Å². The van der Waals surface area contributed by atoms with Gasteiger partial charge in [-0.3, -0.25) is 0 Å². The number of nitrogens with two attached hydrogens (primary N) is 1. The van der Waals surface area contributed by atoms with E-state index in [1.165, 1.54) is 18.3 Å². The van der Waals surface area contributed by atoms with Crippen LogP contribution in [0.25, 0.3) is 0 Å². The van der Waals surface area contributed by atoms with Crippen LogP contribution in [-0.4, -0.2) is 13.4 Å². The van der Waals surface area contributed by atoms with Crippen molar-refractivity contribution in [3.63, 3.8) is 0 Å². The second-order valence-electron chi connectivity index (χ2n) is 3.75. The smallest absolute Gasteiger partial charge is 0.241 e. The highest BCUT2D eigenvalue weighted by Crippen LogP contribution is 2.12. The van der Waals surface area contributed by atoms with Crippen molar-refractivity contribution in [2.45, 2.75) is 18.4 Å². The van der Waals surface area contributed by atoms with E-state index >= 15 is 0 Å².